The van der Waals surface area contributed by atoms with Crippen molar-refractivity contribution in [2.24, 2.45) is 10.9 Å². The third kappa shape index (κ3) is 11.4. The van der Waals surface area contributed by atoms with E-state index in [1.807, 2.05) is 44.5 Å². The molecule has 8 heteroatoms. The number of likely N-dealkylation sites (tertiary alicyclic amines) is 1. The van der Waals surface area contributed by atoms with Crippen LogP contribution in [0.1, 0.15) is 46.5 Å². The molecule has 2 N–H and O–H groups in total. The number of thioether (sulfide) groups is 1. The number of guanidine groups is 1. The van der Waals surface area contributed by atoms with Crippen LogP contribution < -0.4 is 10.6 Å². The predicted molar refractivity (Wildman–Crippen MR) is 123 cm³/mol. The molecule has 1 saturated heterocycles. The average Bonchev–Trinajstić information content (AvgIpc) is 2.56. The van der Waals surface area contributed by atoms with E-state index in [9.17, 15) is 4.79 Å². The molecule has 0 radical (unpaired) electrons. The predicted octanol–water partition coefficient (Wildman–Crippen LogP) is 3.56. The first-order valence-corrected chi connectivity index (χ1v) is 10.7. The number of rotatable bonds is 7. The summed E-state index contributed by atoms with van der Waals surface area (Å²) in [6.45, 7) is 9.09. The molecule has 1 aliphatic rings. The van der Waals surface area contributed by atoms with E-state index >= 15 is 0 Å². The van der Waals surface area contributed by atoms with Crippen molar-refractivity contribution in [1.29, 1.82) is 0 Å². The van der Waals surface area contributed by atoms with E-state index in [0.717, 1.165) is 51.4 Å². The maximum Gasteiger partial charge on any atom is 0.410 e. The molecule has 1 rings (SSSR count). The first-order chi connectivity index (χ1) is 11.9. The zero-order chi connectivity index (χ0) is 18.7. The van der Waals surface area contributed by atoms with Gasteiger partial charge in [0.05, 0.1) is 0 Å². The van der Waals surface area contributed by atoms with Gasteiger partial charge in [-0.2, -0.15) is 11.8 Å². The van der Waals surface area contributed by atoms with Crippen LogP contribution in [-0.4, -0.2) is 67.8 Å². The van der Waals surface area contributed by atoms with Gasteiger partial charge in [0.25, 0.3) is 0 Å². The molecule has 0 aromatic carbocycles. The lowest BCUT2D eigenvalue weighted by Crippen LogP contribution is -2.45. The largest absolute Gasteiger partial charge is 0.444 e. The summed E-state index contributed by atoms with van der Waals surface area (Å²) in [4.78, 5) is 18.2. The number of nitrogens with one attached hydrogen (secondary N) is 2. The Bertz CT molecular complexity index is 422. The van der Waals surface area contributed by atoms with Gasteiger partial charge in [0.1, 0.15) is 5.60 Å². The molecular formula is C18H37IN4O2S. The zero-order valence-corrected chi connectivity index (χ0v) is 20.1. The molecule has 0 bridgehead atoms. The zero-order valence-electron chi connectivity index (χ0n) is 17.0. The first-order valence-electron chi connectivity index (χ1n) is 9.27. The van der Waals surface area contributed by atoms with Gasteiger partial charge in [0.15, 0.2) is 5.96 Å². The third-order valence-corrected chi connectivity index (χ3v) is 4.81. The van der Waals surface area contributed by atoms with E-state index < -0.39 is 5.60 Å². The normalized spacial score (nSPS) is 16.0. The molecule has 0 aliphatic carbocycles. The first kappa shape index (κ1) is 25.6. The number of nitrogens with zero attached hydrogens (tertiary/aromatic N) is 2. The van der Waals surface area contributed by atoms with E-state index in [0.29, 0.717) is 5.92 Å². The molecule has 1 fully saturated rings. The Hall–Kier alpha value is -0.380. The van der Waals surface area contributed by atoms with Crippen LogP contribution in [0.4, 0.5) is 4.79 Å². The fourth-order valence-corrected chi connectivity index (χ4v) is 3.18. The van der Waals surface area contributed by atoms with Crippen LogP contribution in [-0.2, 0) is 4.74 Å². The lowest BCUT2D eigenvalue weighted by atomic mass is 9.97. The van der Waals surface area contributed by atoms with Crippen LogP contribution in [0.5, 0.6) is 0 Å². The van der Waals surface area contributed by atoms with Gasteiger partial charge < -0.3 is 20.3 Å². The second-order valence-corrected chi connectivity index (χ2v) is 8.48. The van der Waals surface area contributed by atoms with E-state index in [1.165, 1.54) is 12.2 Å². The van der Waals surface area contributed by atoms with Crippen molar-refractivity contribution in [3.63, 3.8) is 0 Å². The number of ether oxygens (including phenoxy) is 1. The summed E-state index contributed by atoms with van der Waals surface area (Å²) in [6, 6.07) is 0. The minimum atomic E-state index is -0.427. The molecule has 1 aliphatic heterocycles. The van der Waals surface area contributed by atoms with Gasteiger partial charge in [-0.3, -0.25) is 4.99 Å². The average molecular weight is 500 g/mol. The van der Waals surface area contributed by atoms with Crippen molar-refractivity contribution in [3.05, 3.63) is 0 Å². The molecular weight excluding hydrogens is 463 g/mol. The van der Waals surface area contributed by atoms with Gasteiger partial charge in [-0.05, 0) is 64.4 Å². The highest BCUT2D eigenvalue weighted by molar-refractivity contribution is 14.0. The Balaban J connectivity index is 0.00000625. The maximum atomic E-state index is 12.1. The van der Waals surface area contributed by atoms with Crippen molar-refractivity contribution < 1.29 is 9.53 Å². The second-order valence-electron chi connectivity index (χ2n) is 7.49. The number of aliphatic imine (C=N–C) groups is 1. The molecule has 0 unspecified atom stereocenters. The topological polar surface area (TPSA) is 66.0 Å². The molecule has 0 aromatic rings. The van der Waals surface area contributed by atoms with Crippen molar-refractivity contribution in [2.75, 3.05) is 45.2 Å². The van der Waals surface area contributed by atoms with Crippen LogP contribution in [0.2, 0.25) is 0 Å². The number of carbonyl (C=O) groups is 1. The highest BCUT2D eigenvalue weighted by atomic mass is 127. The summed E-state index contributed by atoms with van der Waals surface area (Å²) < 4.78 is 5.44. The van der Waals surface area contributed by atoms with Crippen molar-refractivity contribution in [1.82, 2.24) is 15.5 Å². The standard InChI is InChI=1S/C18H36N4O2S.HI/c1-18(2,3)24-17(23)22-11-8-15(9-12-22)14-21-16(19-4)20-10-6-7-13-25-5;/h15H,6-14H2,1-5H3,(H2,19,20,21);1H. The fourth-order valence-electron chi connectivity index (χ4n) is 2.69. The van der Waals surface area contributed by atoms with E-state index in [1.54, 1.807) is 0 Å². The van der Waals surface area contributed by atoms with Gasteiger partial charge in [0.2, 0.25) is 0 Å². The molecule has 26 heavy (non-hydrogen) atoms. The molecule has 0 aromatic heterocycles. The number of unbranched alkanes of at least 4 members (excludes halogenated alkanes) is 1. The quantitative estimate of drug-likeness (QED) is 0.242. The Kier molecular flexibility index (Phi) is 13.5. The van der Waals surface area contributed by atoms with Gasteiger partial charge in [0, 0.05) is 33.2 Å². The maximum absolute atomic E-state index is 12.1. The summed E-state index contributed by atoms with van der Waals surface area (Å²) in [7, 11) is 1.81. The van der Waals surface area contributed by atoms with Crippen LogP contribution in [0.25, 0.3) is 0 Å². The minimum absolute atomic E-state index is 0. The van der Waals surface area contributed by atoms with Gasteiger partial charge >= 0.3 is 6.09 Å². The highest BCUT2D eigenvalue weighted by Gasteiger charge is 2.26. The molecule has 6 nitrogen and oxygen atoms in total. The fraction of sp³-hybridized carbons (Fsp3) is 0.889. The monoisotopic (exact) mass is 500 g/mol. The lowest BCUT2D eigenvalue weighted by Gasteiger charge is -2.33. The Morgan fingerprint density at radius 3 is 2.42 bits per heavy atom. The molecule has 0 atom stereocenters. The second kappa shape index (κ2) is 13.7. The minimum Gasteiger partial charge on any atom is -0.444 e. The number of halogens is 1. The lowest BCUT2D eigenvalue weighted by molar-refractivity contribution is 0.0185. The van der Waals surface area contributed by atoms with Gasteiger partial charge in [-0.15, -0.1) is 24.0 Å². The molecule has 1 amide bonds. The summed E-state index contributed by atoms with van der Waals surface area (Å²) >= 11 is 1.89. The molecule has 0 saturated carbocycles. The van der Waals surface area contributed by atoms with Crippen LogP contribution in [0.3, 0.4) is 0 Å². The van der Waals surface area contributed by atoms with E-state index in [-0.39, 0.29) is 30.1 Å². The molecule has 154 valence electrons. The Morgan fingerprint density at radius 1 is 1.23 bits per heavy atom. The summed E-state index contributed by atoms with van der Waals surface area (Å²) in [5.41, 5.74) is -0.427. The van der Waals surface area contributed by atoms with Crippen molar-refractivity contribution >= 4 is 47.8 Å². The molecule has 1 heterocycles. The van der Waals surface area contributed by atoms with Gasteiger partial charge in [-0.1, -0.05) is 0 Å². The summed E-state index contributed by atoms with van der Waals surface area (Å²) in [5.74, 6) is 2.65. The number of carbonyl (C=O) groups excluding carboxylic acids is 1. The van der Waals surface area contributed by atoms with Gasteiger partial charge in [-0.25, -0.2) is 4.79 Å². The number of piperidine rings is 1. The smallest absolute Gasteiger partial charge is 0.410 e. The Labute approximate surface area is 180 Å². The van der Waals surface area contributed by atoms with Crippen molar-refractivity contribution in [2.45, 2.75) is 52.1 Å². The van der Waals surface area contributed by atoms with Crippen molar-refractivity contribution in [3.8, 4) is 0 Å². The Morgan fingerprint density at radius 2 is 1.88 bits per heavy atom. The van der Waals surface area contributed by atoms with E-state index in [2.05, 4.69) is 21.9 Å². The van der Waals surface area contributed by atoms with Crippen LogP contribution in [0.15, 0.2) is 4.99 Å². The highest BCUT2D eigenvalue weighted by Crippen LogP contribution is 2.19. The summed E-state index contributed by atoms with van der Waals surface area (Å²) in [6.07, 6.45) is 6.33. The third-order valence-electron chi connectivity index (χ3n) is 4.12. The SMILES string of the molecule is CN=C(NCCCCSC)NCC1CCN(C(=O)OC(C)(C)C)CC1.I. The summed E-state index contributed by atoms with van der Waals surface area (Å²) in [5, 5.41) is 6.78. The van der Waals surface area contributed by atoms with E-state index in [4.69, 9.17) is 4.74 Å². The molecule has 0 spiro atoms. The van der Waals surface area contributed by atoms with Crippen LogP contribution in [0, 0.1) is 5.92 Å². The number of hydrogen-bond acceptors (Lipinski definition) is 4. The van der Waals surface area contributed by atoms with Crippen LogP contribution >= 0.6 is 35.7 Å². The number of amides is 1. The number of hydrogen-bond donors (Lipinski definition) is 2.